The van der Waals surface area contributed by atoms with Gasteiger partial charge < -0.3 is 5.32 Å². The van der Waals surface area contributed by atoms with E-state index in [0.29, 0.717) is 0 Å². The topological polar surface area (TPSA) is 29.1 Å². The normalized spacial score (nSPS) is 22.8. The molecule has 14 heavy (non-hydrogen) atoms. The van der Waals surface area contributed by atoms with Gasteiger partial charge in [-0.25, -0.2) is 0 Å². The van der Waals surface area contributed by atoms with Crippen LogP contribution >= 0.6 is 0 Å². The molecule has 1 saturated carbocycles. The SMILES string of the molecule is CCNC(=O)C1(C2=CCCC=C2)CC1.[HH]. The standard InChI is InChI=1S/C12H17NO.H2/c1-2-13-11(14)12(8-9-12)10-6-4-3-5-7-10;/h4,6-7H,2-3,5,8-9H2,1H3,(H,13,14);1H. The van der Waals surface area contributed by atoms with E-state index in [1.807, 2.05) is 6.92 Å². The second-order valence-corrected chi connectivity index (χ2v) is 4.08. The van der Waals surface area contributed by atoms with Crippen LogP contribution in [0, 0.1) is 5.41 Å². The summed E-state index contributed by atoms with van der Waals surface area (Å²) >= 11 is 0. The van der Waals surface area contributed by atoms with Gasteiger partial charge in [-0.2, -0.15) is 0 Å². The van der Waals surface area contributed by atoms with Gasteiger partial charge in [0.15, 0.2) is 0 Å². The predicted molar refractivity (Wildman–Crippen MR) is 58.9 cm³/mol. The zero-order chi connectivity index (χ0) is 10.0. The first kappa shape index (κ1) is 9.50. The molecule has 78 valence electrons. The number of nitrogens with one attached hydrogen (secondary N) is 1. The van der Waals surface area contributed by atoms with E-state index in [-0.39, 0.29) is 12.7 Å². The molecular weight excluding hydrogens is 174 g/mol. The third-order valence-electron chi connectivity index (χ3n) is 3.07. The van der Waals surface area contributed by atoms with Crippen molar-refractivity contribution in [1.29, 1.82) is 0 Å². The van der Waals surface area contributed by atoms with Gasteiger partial charge in [0.25, 0.3) is 0 Å². The Balaban J connectivity index is 0.00000112. The Morgan fingerprint density at radius 1 is 1.57 bits per heavy atom. The van der Waals surface area contributed by atoms with Crippen LogP contribution in [0.5, 0.6) is 0 Å². The smallest absolute Gasteiger partial charge is 0.230 e. The molecule has 0 unspecified atom stereocenters. The average molecular weight is 193 g/mol. The first-order valence-corrected chi connectivity index (χ1v) is 5.45. The van der Waals surface area contributed by atoms with Crippen LogP contribution in [0.4, 0.5) is 0 Å². The number of allylic oxidation sites excluding steroid dienone is 3. The molecule has 1 fully saturated rings. The highest BCUT2D eigenvalue weighted by Crippen LogP contribution is 2.53. The molecule has 0 aromatic rings. The van der Waals surface area contributed by atoms with Crippen LogP contribution in [0.25, 0.3) is 0 Å². The number of rotatable bonds is 3. The van der Waals surface area contributed by atoms with Crippen molar-refractivity contribution in [3.05, 3.63) is 23.8 Å². The summed E-state index contributed by atoms with van der Waals surface area (Å²) in [5, 5.41) is 2.93. The zero-order valence-electron chi connectivity index (χ0n) is 8.68. The fraction of sp³-hybridized carbons (Fsp3) is 0.583. The first-order valence-electron chi connectivity index (χ1n) is 5.45. The summed E-state index contributed by atoms with van der Waals surface area (Å²) in [5.74, 6) is 0.220. The molecule has 0 saturated heterocycles. The van der Waals surface area contributed by atoms with Crippen molar-refractivity contribution in [2.24, 2.45) is 5.41 Å². The lowest BCUT2D eigenvalue weighted by molar-refractivity contribution is -0.124. The molecule has 0 radical (unpaired) electrons. The summed E-state index contributed by atoms with van der Waals surface area (Å²) in [4.78, 5) is 11.8. The van der Waals surface area contributed by atoms with E-state index in [2.05, 4.69) is 23.5 Å². The van der Waals surface area contributed by atoms with Crippen molar-refractivity contribution in [3.63, 3.8) is 0 Å². The van der Waals surface area contributed by atoms with E-state index in [0.717, 1.165) is 32.2 Å². The number of hydrogen-bond acceptors (Lipinski definition) is 1. The van der Waals surface area contributed by atoms with Crippen LogP contribution in [-0.4, -0.2) is 12.5 Å². The molecular formula is C12H19NO. The Bertz CT molecular complexity index is 303. The fourth-order valence-electron chi connectivity index (χ4n) is 2.07. The van der Waals surface area contributed by atoms with E-state index >= 15 is 0 Å². The Kier molecular flexibility index (Phi) is 2.44. The van der Waals surface area contributed by atoms with Crippen LogP contribution in [-0.2, 0) is 4.79 Å². The minimum absolute atomic E-state index is 0. The van der Waals surface area contributed by atoms with Gasteiger partial charge in [-0.15, -0.1) is 0 Å². The van der Waals surface area contributed by atoms with Crippen LogP contribution in [0.1, 0.15) is 34.0 Å². The number of amides is 1. The molecule has 0 aliphatic heterocycles. The highest BCUT2D eigenvalue weighted by molar-refractivity contribution is 5.89. The molecule has 0 spiro atoms. The molecule has 0 aromatic carbocycles. The molecule has 1 amide bonds. The molecule has 2 nitrogen and oxygen atoms in total. The average Bonchev–Trinajstić information content (AvgIpc) is 3.00. The molecule has 2 heteroatoms. The fourth-order valence-corrected chi connectivity index (χ4v) is 2.07. The highest BCUT2D eigenvalue weighted by Gasteiger charge is 2.51. The van der Waals surface area contributed by atoms with Crippen molar-refractivity contribution in [2.75, 3.05) is 6.54 Å². The van der Waals surface area contributed by atoms with Gasteiger partial charge in [-0.05, 0) is 38.2 Å². The largest absolute Gasteiger partial charge is 0.356 e. The molecule has 0 bridgehead atoms. The number of carbonyl (C=O) groups excluding carboxylic acids is 1. The monoisotopic (exact) mass is 193 g/mol. The third-order valence-corrected chi connectivity index (χ3v) is 3.07. The van der Waals surface area contributed by atoms with E-state index in [9.17, 15) is 4.79 Å². The summed E-state index contributed by atoms with van der Waals surface area (Å²) in [6.07, 6.45) is 10.8. The molecule has 0 heterocycles. The first-order chi connectivity index (χ1) is 6.79. The maximum absolute atomic E-state index is 11.8. The van der Waals surface area contributed by atoms with Gasteiger partial charge in [0.2, 0.25) is 5.91 Å². The van der Waals surface area contributed by atoms with Gasteiger partial charge in [0.1, 0.15) is 0 Å². The lowest BCUT2D eigenvalue weighted by atomic mass is 9.90. The van der Waals surface area contributed by atoms with Crippen LogP contribution in [0.3, 0.4) is 0 Å². The lowest BCUT2D eigenvalue weighted by Crippen LogP contribution is -2.32. The van der Waals surface area contributed by atoms with Gasteiger partial charge in [-0.1, -0.05) is 18.2 Å². The summed E-state index contributed by atoms with van der Waals surface area (Å²) in [6, 6.07) is 0. The van der Waals surface area contributed by atoms with Crippen molar-refractivity contribution < 1.29 is 6.22 Å². The molecule has 0 atom stereocenters. The summed E-state index contributed by atoms with van der Waals surface area (Å²) in [5.41, 5.74) is 1.10. The Labute approximate surface area is 86.6 Å². The summed E-state index contributed by atoms with van der Waals surface area (Å²) in [7, 11) is 0. The quantitative estimate of drug-likeness (QED) is 0.732. The van der Waals surface area contributed by atoms with E-state index in [4.69, 9.17) is 0 Å². The molecule has 2 aliphatic carbocycles. The van der Waals surface area contributed by atoms with E-state index in [1.54, 1.807) is 0 Å². The molecule has 1 N–H and O–H groups in total. The van der Waals surface area contributed by atoms with Gasteiger partial charge in [0.05, 0.1) is 5.41 Å². The summed E-state index contributed by atoms with van der Waals surface area (Å²) < 4.78 is 0. The van der Waals surface area contributed by atoms with E-state index in [1.165, 1.54) is 5.57 Å². The third kappa shape index (κ3) is 1.49. The van der Waals surface area contributed by atoms with E-state index < -0.39 is 0 Å². The lowest BCUT2D eigenvalue weighted by Gasteiger charge is -2.18. The van der Waals surface area contributed by atoms with Crippen molar-refractivity contribution in [3.8, 4) is 0 Å². The zero-order valence-corrected chi connectivity index (χ0v) is 8.68. The number of hydrogen-bond donors (Lipinski definition) is 1. The summed E-state index contributed by atoms with van der Waals surface area (Å²) in [6.45, 7) is 2.71. The van der Waals surface area contributed by atoms with Crippen molar-refractivity contribution in [1.82, 2.24) is 5.32 Å². The second kappa shape index (κ2) is 3.60. The Morgan fingerprint density at radius 2 is 2.36 bits per heavy atom. The van der Waals surface area contributed by atoms with Gasteiger partial charge >= 0.3 is 0 Å². The van der Waals surface area contributed by atoms with Crippen LogP contribution in [0.2, 0.25) is 0 Å². The molecule has 2 aliphatic rings. The predicted octanol–water partition coefficient (Wildman–Crippen LogP) is 2.43. The maximum Gasteiger partial charge on any atom is 0.230 e. The Morgan fingerprint density at radius 3 is 2.86 bits per heavy atom. The van der Waals surface area contributed by atoms with Gasteiger partial charge in [-0.3, -0.25) is 4.79 Å². The van der Waals surface area contributed by atoms with Crippen molar-refractivity contribution in [2.45, 2.75) is 32.6 Å². The van der Waals surface area contributed by atoms with Gasteiger partial charge in [0, 0.05) is 7.97 Å². The number of carbonyl (C=O) groups is 1. The minimum Gasteiger partial charge on any atom is -0.356 e. The molecule has 0 aromatic heterocycles. The van der Waals surface area contributed by atoms with Crippen LogP contribution < -0.4 is 5.32 Å². The Hall–Kier alpha value is -1.05. The van der Waals surface area contributed by atoms with Crippen molar-refractivity contribution >= 4 is 5.91 Å². The van der Waals surface area contributed by atoms with Crippen LogP contribution in [0.15, 0.2) is 23.8 Å². The minimum atomic E-state index is -0.146. The molecule has 2 rings (SSSR count). The second-order valence-electron chi connectivity index (χ2n) is 4.08. The maximum atomic E-state index is 11.8. The highest BCUT2D eigenvalue weighted by atomic mass is 16.2.